The number of aromatic nitrogens is 2. The highest BCUT2D eigenvalue weighted by molar-refractivity contribution is 5.92. The Hall–Kier alpha value is -1.85. The van der Waals surface area contributed by atoms with E-state index in [4.69, 9.17) is 0 Å². The summed E-state index contributed by atoms with van der Waals surface area (Å²) in [6.07, 6.45) is 7.35. The van der Waals surface area contributed by atoms with Gasteiger partial charge in [0.05, 0.1) is 6.04 Å². The number of nitrogens with zero attached hydrogens (tertiary/aromatic N) is 3. The van der Waals surface area contributed by atoms with Gasteiger partial charge in [-0.3, -0.25) is 9.48 Å². The number of hydrogen-bond acceptors (Lipinski definition) is 3. The fraction of sp³-hybridized carbons (Fsp3) is 0.524. The summed E-state index contributed by atoms with van der Waals surface area (Å²) < 4.78 is 1.98. The highest BCUT2D eigenvalue weighted by atomic mass is 35.5. The Bertz CT molecular complexity index is 752. The second-order valence-corrected chi connectivity index (χ2v) is 7.67. The van der Waals surface area contributed by atoms with Gasteiger partial charge in [-0.05, 0) is 57.2 Å². The van der Waals surface area contributed by atoms with E-state index in [-0.39, 0.29) is 24.4 Å². The molecule has 2 aliphatic rings. The normalized spacial score (nSPS) is 22.5. The van der Waals surface area contributed by atoms with E-state index in [9.17, 15) is 4.79 Å². The number of carbonyl (C=O) groups excluding carboxylic acids is 1. The third kappa shape index (κ3) is 4.53. The minimum absolute atomic E-state index is 0. The summed E-state index contributed by atoms with van der Waals surface area (Å²) in [6.45, 7) is 4.97. The number of benzene rings is 1. The molecule has 2 saturated heterocycles. The van der Waals surface area contributed by atoms with Crippen molar-refractivity contribution in [3.8, 4) is 0 Å². The molecule has 0 radical (unpaired) electrons. The Balaban J connectivity index is 0.00000210. The summed E-state index contributed by atoms with van der Waals surface area (Å²) in [5, 5.41) is 8.03. The quantitative estimate of drug-likeness (QED) is 0.873. The van der Waals surface area contributed by atoms with Crippen molar-refractivity contribution in [1.29, 1.82) is 0 Å². The van der Waals surface area contributed by atoms with Crippen LogP contribution < -0.4 is 5.32 Å². The van der Waals surface area contributed by atoms with Gasteiger partial charge in [0.15, 0.2) is 0 Å². The molecule has 0 aliphatic carbocycles. The molecule has 0 spiro atoms. The fourth-order valence-electron chi connectivity index (χ4n) is 4.17. The molecule has 2 aliphatic heterocycles. The van der Waals surface area contributed by atoms with Gasteiger partial charge in [-0.2, -0.15) is 5.10 Å². The zero-order chi connectivity index (χ0) is 17.9. The summed E-state index contributed by atoms with van der Waals surface area (Å²) in [6, 6.07) is 11.2. The molecule has 2 fully saturated rings. The average Bonchev–Trinajstić information content (AvgIpc) is 3.34. The van der Waals surface area contributed by atoms with Crippen molar-refractivity contribution < 1.29 is 4.79 Å². The molecule has 0 bridgehead atoms. The Kier molecular flexibility index (Phi) is 6.55. The largest absolute Gasteiger partial charge is 0.334 e. The lowest BCUT2D eigenvalue weighted by atomic mass is 10.0. The van der Waals surface area contributed by atoms with Crippen LogP contribution >= 0.6 is 12.4 Å². The van der Waals surface area contributed by atoms with E-state index < -0.39 is 0 Å². The smallest absolute Gasteiger partial charge is 0.274 e. The van der Waals surface area contributed by atoms with E-state index in [0.717, 1.165) is 45.3 Å². The van der Waals surface area contributed by atoms with E-state index in [0.29, 0.717) is 11.7 Å². The predicted molar refractivity (Wildman–Crippen MR) is 110 cm³/mol. The van der Waals surface area contributed by atoms with E-state index in [1.165, 1.54) is 17.5 Å². The second kappa shape index (κ2) is 8.89. The maximum absolute atomic E-state index is 13.0. The minimum atomic E-state index is 0. The van der Waals surface area contributed by atoms with Crippen LogP contribution in [0.2, 0.25) is 0 Å². The monoisotopic (exact) mass is 388 g/mol. The van der Waals surface area contributed by atoms with Gasteiger partial charge in [-0.15, -0.1) is 12.4 Å². The first kappa shape index (κ1) is 19.9. The van der Waals surface area contributed by atoms with Crippen LogP contribution in [0.5, 0.6) is 0 Å². The standard InChI is InChI=1S/C21H28N4O.ClH/c1-16-6-8-17(9-7-16)14-18-5-3-12-24(18)21(26)20-10-13-25(23-20)19-4-2-11-22-15-19;/h6-10,13,18-19,22H,2-5,11-12,14-15H2,1H3;1H. The number of amides is 1. The van der Waals surface area contributed by atoms with E-state index in [1.807, 2.05) is 21.8 Å². The van der Waals surface area contributed by atoms with Gasteiger partial charge >= 0.3 is 0 Å². The molecule has 1 aromatic carbocycles. The number of nitrogens with one attached hydrogen (secondary N) is 1. The van der Waals surface area contributed by atoms with Crippen molar-refractivity contribution in [2.45, 2.75) is 51.1 Å². The number of aryl methyl sites for hydroxylation is 1. The maximum Gasteiger partial charge on any atom is 0.274 e. The molecule has 2 atom stereocenters. The molecular formula is C21H29ClN4O. The van der Waals surface area contributed by atoms with Crippen LogP contribution in [0.25, 0.3) is 0 Å². The van der Waals surface area contributed by atoms with Gasteiger partial charge in [0, 0.05) is 25.3 Å². The minimum Gasteiger partial charge on any atom is -0.334 e. The van der Waals surface area contributed by atoms with Crippen LogP contribution in [-0.2, 0) is 6.42 Å². The van der Waals surface area contributed by atoms with Gasteiger partial charge in [-0.1, -0.05) is 29.8 Å². The fourth-order valence-corrected chi connectivity index (χ4v) is 4.17. The number of rotatable bonds is 4. The molecule has 1 amide bonds. The first-order valence-electron chi connectivity index (χ1n) is 9.83. The van der Waals surface area contributed by atoms with E-state index in [2.05, 4.69) is 41.6 Å². The van der Waals surface area contributed by atoms with Gasteiger partial charge in [0.1, 0.15) is 5.69 Å². The lowest BCUT2D eigenvalue weighted by Crippen LogP contribution is -2.37. The molecule has 6 heteroatoms. The Morgan fingerprint density at radius 2 is 2.00 bits per heavy atom. The SMILES string of the molecule is Cc1ccc(CC2CCCN2C(=O)c2ccn(C3CCCNC3)n2)cc1.Cl. The van der Waals surface area contributed by atoms with Crippen LogP contribution in [0.1, 0.15) is 53.3 Å². The Labute approximate surface area is 167 Å². The highest BCUT2D eigenvalue weighted by Gasteiger charge is 2.31. The molecule has 1 N–H and O–H groups in total. The van der Waals surface area contributed by atoms with E-state index in [1.54, 1.807) is 0 Å². The van der Waals surface area contributed by atoms with Gasteiger partial charge in [-0.25, -0.2) is 0 Å². The number of hydrogen-bond donors (Lipinski definition) is 1. The van der Waals surface area contributed by atoms with Gasteiger partial charge < -0.3 is 10.2 Å². The topological polar surface area (TPSA) is 50.2 Å². The number of carbonyl (C=O) groups is 1. The summed E-state index contributed by atoms with van der Waals surface area (Å²) >= 11 is 0. The third-order valence-corrected chi connectivity index (χ3v) is 5.70. The first-order chi connectivity index (χ1) is 12.7. The zero-order valence-electron chi connectivity index (χ0n) is 15.9. The van der Waals surface area contributed by atoms with Crippen molar-refractivity contribution in [3.05, 3.63) is 53.3 Å². The molecule has 5 nitrogen and oxygen atoms in total. The maximum atomic E-state index is 13.0. The first-order valence-corrected chi connectivity index (χ1v) is 9.83. The number of piperidine rings is 1. The summed E-state index contributed by atoms with van der Waals surface area (Å²) in [5.41, 5.74) is 3.17. The number of halogens is 1. The molecule has 1 aromatic heterocycles. The lowest BCUT2D eigenvalue weighted by molar-refractivity contribution is 0.0729. The Morgan fingerprint density at radius 3 is 2.74 bits per heavy atom. The molecule has 4 rings (SSSR count). The van der Waals surface area contributed by atoms with Crippen LogP contribution in [0.15, 0.2) is 36.5 Å². The van der Waals surface area contributed by atoms with Crippen molar-refractivity contribution in [2.24, 2.45) is 0 Å². The van der Waals surface area contributed by atoms with Crippen LogP contribution in [0.4, 0.5) is 0 Å². The molecule has 2 aromatic rings. The van der Waals surface area contributed by atoms with Crippen LogP contribution in [-0.4, -0.2) is 46.3 Å². The Morgan fingerprint density at radius 1 is 1.19 bits per heavy atom. The van der Waals surface area contributed by atoms with Crippen molar-refractivity contribution in [3.63, 3.8) is 0 Å². The predicted octanol–water partition coefficient (Wildman–Crippen LogP) is 3.39. The molecule has 0 saturated carbocycles. The summed E-state index contributed by atoms with van der Waals surface area (Å²) in [7, 11) is 0. The number of likely N-dealkylation sites (tertiary alicyclic amines) is 1. The molecule has 146 valence electrons. The van der Waals surface area contributed by atoms with Crippen molar-refractivity contribution in [2.75, 3.05) is 19.6 Å². The molecule has 27 heavy (non-hydrogen) atoms. The third-order valence-electron chi connectivity index (χ3n) is 5.70. The molecule has 3 heterocycles. The summed E-state index contributed by atoms with van der Waals surface area (Å²) in [5.74, 6) is 0.0853. The van der Waals surface area contributed by atoms with E-state index >= 15 is 0 Å². The van der Waals surface area contributed by atoms with Crippen LogP contribution in [0, 0.1) is 6.92 Å². The van der Waals surface area contributed by atoms with Crippen molar-refractivity contribution >= 4 is 18.3 Å². The molecular weight excluding hydrogens is 360 g/mol. The van der Waals surface area contributed by atoms with Gasteiger partial charge in [0.25, 0.3) is 5.91 Å². The van der Waals surface area contributed by atoms with Crippen molar-refractivity contribution in [1.82, 2.24) is 20.0 Å². The van der Waals surface area contributed by atoms with Gasteiger partial charge in [0.2, 0.25) is 0 Å². The average molecular weight is 389 g/mol. The van der Waals surface area contributed by atoms with Crippen LogP contribution in [0.3, 0.4) is 0 Å². The highest BCUT2D eigenvalue weighted by Crippen LogP contribution is 2.24. The second-order valence-electron chi connectivity index (χ2n) is 7.67. The zero-order valence-corrected chi connectivity index (χ0v) is 16.8. The lowest BCUT2D eigenvalue weighted by Gasteiger charge is -2.25. The summed E-state index contributed by atoms with van der Waals surface area (Å²) in [4.78, 5) is 15.1. The molecule has 2 unspecified atom stereocenters.